The van der Waals surface area contributed by atoms with Crippen LogP contribution in [0.3, 0.4) is 0 Å². The molecule has 21 heavy (non-hydrogen) atoms. The second-order valence-electron chi connectivity index (χ2n) is 4.73. The molecule has 2 heterocycles. The number of hydrogen-bond acceptors (Lipinski definition) is 5. The van der Waals surface area contributed by atoms with Crippen molar-refractivity contribution in [3.63, 3.8) is 0 Å². The van der Waals surface area contributed by atoms with Crippen molar-refractivity contribution in [3.8, 4) is 11.4 Å². The highest BCUT2D eigenvalue weighted by Crippen LogP contribution is 2.20. The number of rotatable bonds is 4. The number of nitrogens with one attached hydrogen (secondary N) is 2. The van der Waals surface area contributed by atoms with Gasteiger partial charge >= 0.3 is 6.03 Å². The van der Waals surface area contributed by atoms with E-state index in [4.69, 9.17) is 0 Å². The van der Waals surface area contributed by atoms with Crippen molar-refractivity contribution < 1.29 is 9.59 Å². The maximum Gasteiger partial charge on any atom is 0.322 e. The highest BCUT2D eigenvalue weighted by Gasteiger charge is 2.30. The van der Waals surface area contributed by atoms with Crippen molar-refractivity contribution in [1.29, 1.82) is 0 Å². The quantitative estimate of drug-likeness (QED) is 0.803. The van der Waals surface area contributed by atoms with Gasteiger partial charge in [0.25, 0.3) is 5.91 Å². The molecule has 1 aromatic heterocycles. The van der Waals surface area contributed by atoms with Crippen LogP contribution in [-0.4, -0.2) is 32.1 Å². The zero-order valence-electron chi connectivity index (χ0n) is 11.4. The molecule has 0 saturated carbocycles. The molecular weight excluding hydrogens is 272 g/mol. The van der Waals surface area contributed by atoms with Crippen LogP contribution < -0.4 is 10.6 Å². The standard InChI is InChI=1S/C13H14N6O2/c1-2-7-19-17-11(16-18-19)9-5-3-8(4-6-9)10-12(20)15-13(21)14-10/h3-6,10H,2,7H2,1H3,(H2,14,15,20,21). The molecule has 3 rings (SSSR count). The van der Waals surface area contributed by atoms with Crippen molar-refractivity contribution >= 4 is 11.9 Å². The lowest BCUT2D eigenvalue weighted by molar-refractivity contribution is -0.120. The Hall–Kier alpha value is -2.77. The number of amides is 3. The Morgan fingerprint density at radius 3 is 2.62 bits per heavy atom. The maximum absolute atomic E-state index is 11.6. The van der Waals surface area contributed by atoms with E-state index in [1.807, 2.05) is 6.92 Å². The minimum absolute atomic E-state index is 0.347. The van der Waals surface area contributed by atoms with E-state index in [9.17, 15) is 9.59 Å². The average Bonchev–Trinajstić information content (AvgIpc) is 3.06. The molecular formula is C13H14N6O2. The smallest absolute Gasteiger partial charge is 0.322 e. The van der Waals surface area contributed by atoms with E-state index in [0.717, 1.165) is 18.5 Å². The first-order valence-corrected chi connectivity index (χ1v) is 6.67. The molecule has 1 aliphatic rings. The number of tetrazole rings is 1. The summed E-state index contributed by atoms with van der Waals surface area (Å²) in [5.41, 5.74) is 1.52. The van der Waals surface area contributed by atoms with Gasteiger partial charge in [-0.2, -0.15) is 4.80 Å². The third-order valence-electron chi connectivity index (χ3n) is 3.15. The van der Waals surface area contributed by atoms with Gasteiger partial charge in [0, 0.05) is 5.56 Å². The predicted molar refractivity (Wildman–Crippen MR) is 73.0 cm³/mol. The van der Waals surface area contributed by atoms with Gasteiger partial charge in [0.05, 0.1) is 6.54 Å². The third kappa shape index (κ3) is 2.60. The normalized spacial score (nSPS) is 17.7. The monoisotopic (exact) mass is 286 g/mol. The first-order chi connectivity index (χ1) is 10.2. The highest BCUT2D eigenvalue weighted by molar-refractivity contribution is 6.04. The lowest BCUT2D eigenvalue weighted by atomic mass is 10.0. The van der Waals surface area contributed by atoms with Gasteiger partial charge < -0.3 is 5.32 Å². The van der Waals surface area contributed by atoms with Crippen LogP contribution in [0.15, 0.2) is 24.3 Å². The topological polar surface area (TPSA) is 102 Å². The molecule has 1 aliphatic heterocycles. The van der Waals surface area contributed by atoms with Gasteiger partial charge in [-0.05, 0) is 17.2 Å². The molecule has 0 spiro atoms. The van der Waals surface area contributed by atoms with Gasteiger partial charge in [0.15, 0.2) is 0 Å². The number of aromatic nitrogens is 4. The van der Waals surface area contributed by atoms with Crippen LogP contribution in [0.1, 0.15) is 24.9 Å². The molecule has 0 aliphatic carbocycles. The summed E-state index contributed by atoms with van der Waals surface area (Å²) < 4.78 is 0. The minimum Gasteiger partial charge on any atom is -0.322 e. The molecule has 108 valence electrons. The summed E-state index contributed by atoms with van der Waals surface area (Å²) >= 11 is 0. The summed E-state index contributed by atoms with van der Waals surface area (Å²) in [5.74, 6) is 0.190. The fourth-order valence-electron chi connectivity index (χ4n) is 2.13. The Kier molecular flexibility index (Phi) is 3.35. The summed E-state index contributed by atoms with van der Waals surface area (Å²) in [7, 11) is 0. The Labute approximate surface area is 120 Å². The third-order valence-corrected chi connectivity index (χ3v) is 3.15. The van der Waals surface area contributed by atoms with E-state index < -0.39 is 12.1 Å². The first-order valence-electron chi connectivity index (χ1n) is 6.67. The van der Waals surface area contributed by atoms with Crippen LogP contribution >= 0.6 is 0 Å². The molecule has 0 bridgehead atoms. The second-order valence-corrected chi connectivity index (χ2v) is 4.73. The summed E-state index contributed by atoms with van der Waals surface area (Å²) in [5, 5.41) is 17.0. The molecule has 1 unspecified atom stereocenters. The number of aryl methyl sites for hydroxylation is 1. The number of carbonyl (C=O) groups is 2. The van der Waals surface area contributed by atoms with Crippen LogP contribution in [-0.2, 0) is 11.3 Å². The van der Waals surface area contributed by atoms with E-state index in [-0.39, 0.29) is 5.91 Å². The van der Waals surface area contributed by atoms with Crippen molar-refractivity contribution in [2.45, 2.75) is 25.9 Å². The van der Waals surface area contributed by atoms with Gasteiger partial charge in [-0.1, -0.05) is 31.2 Å². The Balaban J connectivity index is 1.80. The highest BCUT2D eigenvalue weighted by atomic mass is 16.2. The van der Waals surface area contributed by atoms with Crippen LogP contribution in [0, 0.1) is 0 Å². The molecule has 1 fully saturated rings. The summed E-state index contributed by atoms with van der Waals surface area (Å²) in [6.45, 7) is 2.76. The van der Waals surface area contributed by atoms with E-state index in [1.165, 1.54) is 0 Å². The Morgan fingerprint density at radius 1 is 1.24 bits per heavy atom. The number of benzene rings is 1. The number of urea groups is 1. The maximum atomic E-state index is 11.6. The zero-order valence-corrected chi connectivity index (χ0v) is 11.4. The fraction of sp³-hybridized carbons (Fsp3) is 0.308. The number of imide groups is 1. The Bertz CT molecular complexity index is 678. The van der Waals surface area contributed by atoms with E-state index in [0.29, 0.717) is 11.4 Å². The molecule has 1 saturated heterocycles. The fourth-order valence-corrected chi connectivity index (χ4v) is 2.13. The number of hydrogen-bond donors (Lipinski definition) is 2. The van der Waals surface area contributed by atoms with Crippen LogP contribution in [0.5, 0.6) is 0 Å². The van der Waals surface area contributed by atoms with Crippen molar-refractivity contribution in [2.75, 3.05) is 0 Å². The zero-order chi connectivity index (χ0) is 14.8. The van der Waals surface area contributed by atoms with Gasteiger partial charge in [-0.25, -0.2) is 4.79 Å². The molecule has 2 N–H and O–H groups in total. The summed E-state index contributed by atoms with van der Waals surface area (Å²) in [4.78, 5) is 24.2. The second kappa shape index (κ2) is 5.31. The molecule has 3 amide bonds. The SMILES string of the molecule is CCCn1nnc(-c2ccc(C3NC(=O)NC3=O)cc2)n1. The number of nitrogens with zero attached hydrogens (tertiary/aromatic N) is 4. The van der Waals surface area contributed by atoms with Crippen LogP contribution in [0.25, 0.3) is 11.4 Å². The lowest BCUT2D eigenvalue weighted by Gasteiger charge is -2.07. The van der Waals surface area contributed by atoms with Crippen molar-refractivity contribution in [1.82, 2.24) is 30.8 Å². The summed E-state index contributed by atoms with van der Waals surface area (Å²) in [6.07, 6.45) is 0.936. The largest absolute Gasteiger partial charge is 0.322 e. The molecule has 8 heteroatoms. The predicted octanol–water partition coefficient (Wildman–Crippen LogP) is 0.631. The molecule has 8 nitrogen and oxygen atoms in total. The van der Waals surface area contributed by atoms with Crippen LogP contribution in [0.2, 0.25) is 0 Å². The minimum atomic E-state index is -0.643. The van der Waals surface area contributed by atoms with Crippen LogP contribution in [0.4, 0.5) is 4.79 Å². The van der Waals surface area contributed by atoms with Gasteiger partial charge in [0.1, 0.15) is 6.04 Å². The van der Waals surface area contributed by atoms with Gasteiger partial charge in [-0.3, -0.25) is 10.1 Å². The molecule has 1 aromatic carbocycles. The lowest BCUT2D eigenvalue weighted by Crippen LogP contribution is -2.22. The first kappa shape index (κ1) is 13.2. The summed E-state index contributed by atoms with van der Waals surface area (Å²) in [6, 6.07) is 6.03. The van der Waals surface area contributed by atoms with E-state index in [2.05, 4.69) is 26.0 Å². The molecule has 2 aromatic rings. The molecule has 1 atom stereocenters. The van der Waals surface area contributed by atoms with Crippen molar-refractivity contribution in [3.05, 3.63) is 29.8 Å². The van der Waals surface area contributed by atoms with Crippen molar-refractivity contribution in [2.24, 2.45) is 0 Å². The van der Waals surface area contributed by atoms with Gasteiger partial charge in [0.2, 0.25) is 5.82 Å². The number of carbonyl (C=O) groups excluding carboxylic acids is 2. The van der Waals surface area contributed by atoms with Gasteiger partial charge in [-0.15, -0.1) is 10.2 Å². The van der Waals surface area contributed by atoms with E-state index in [1.54, 1.807) is 29.1 Å². The Morgan fingerprint density at radius 2 is 2.00 bits per heavy atom. The molecule has 0 radical (unpaired) electrons. The average molecular weight is 286 g/mol. The van der Waals surface area contributed by atoms with E-state index >= 15 is 0 Å².